The predicted octanol–water partition coefficient (Wildman–Crippen LogP) is 5.40. The molecule has 8 heteroatoms. The van der Waals surface area contributed by atoms with Crippen LogP contribution in [0, 0.1) is 5.82 Å². The molecule has 3 rings (SSSR count). The lowest BCUT2D eigenvalue weighted by molar-refractivity contribution is -0.111. The van der Waals surface area contributed by atoms with Gasteiger partial charge in [0, 0.05) is 17.0 Å². The van der Waals surface area contributed by atoms with E-state index in [9.17, 15) is 14.0 Å². The Balaban J connectivity index is 1.92. The van der Waals surface area contributed by atoms with Crippen LogP contribution in [0.3, 0.4) is 0 Å². The van der Waals surface area contributed by atoms with Crippen LogP contribution in [0.5, 0.6) is 11.5 Å². The number of amides is 1. The molecular weight excluding hydrogens is 433 g/mol. The molecule has 1 aromatic heterocycles. The van der Waals surface area contributed by atoms with Crippen LogP contribution in [0.4, 0.5) is 9.39 Å². The first kappa shape index (κ1) is 23.0. The van der Waals surface area contributed by atoms with Crippen LogP contribution < -0.4 is 14.8 Å². The summed E-state index contributed by atoms with van der Waals surface area (Å²) in [7, 11) is 3.06. The Morgan fingerprint density at radius 2 is 1.88 bits per heavy atom. The zero-order chi connectivity index (χ0) is 23.1. The van der Waals surface area contributed by atoms with Gasteiger partial charge in [-0.3, -0.25) is 4.79 Å². The molecule has 1 heterocycles. The molecule has 0 aliphatic rings. The van der Waals surface area contributed by atoms with Gasteiger partial charge in [-0.25, -0.2) is 9.18 Å². The van der Waals surface area contributed by atoms with E-state index < -0.39 is 17.7 Å². The third-order valence-electron chi connectivity index (χ3n) is 4.48. The molecular formula is C24H22FNO5S. The van der Waals surface area contributed by atoms with E-state index >= 15 is 0 Å². The van der Waals surface area contributed by atoms with Crippen molar-refractivity contribution in [1.29, 1.82) is 0 Å². The predicted molar refractivity (Wildman–Crippen MR) is 123 cm³/mol. The van der Waals surface area contributed by atoms with Crippen molar-refractivity contribution in [1.82, 2.24) is 0 Å². The topological polar surface area (TPSA) is 73.9 Å². The molecule has 1 amide bonds. The number of thiophene rings is 1. The highest BCUT2D eigenvalue weighted by molar-refractivity contribution is 7.15. The van der Waals surface area contributed by atoms with E-state index in [1.54, 1.807) is 42.6 Å². The number of methoxy groups -OCH3 is 2. The van der Waals surface area contributed by atoms with Crippen molar-refractivity contribution in [3.8, 4) is 22.6 Å². The number of hydrogen-bond donors (Lipinski definition) is 1. The summed E-state index contributed by atoms with van der Waals surface area (Å²) in [6.07, 6.45) is 2.77. The molecule has 0 fully saturated rings. The fourth-order valence-corrected chi connectivity index (χ4v) is 3.97. The fraction of sp³-hybridized carbons (Fsp3) is 0.167. The molecule has 0 saturated heterocycles. The van der Waals surface area contributed by atoms with Gasteiger partial charge in [-0.05, 0) is 48.4 Å². The van der Waals surface area contributed by atoms with Gasteiger partial charge < -0.3 is 19.5 Å². The quantitative estimate of drug-likeness (QED) is 0.364. The van der Waals surface area contributed by atoms with Crippen molar-refractivity contribution in [3.63, 3.8) is 0 Å². The number of carbonyl (C=O) groups is 2. The highest BCUT2D eigenvalue weighted by Crippen LogP contribution is 2.39. The van der Waals surface area contributed by atoms with Gasteiger partial charge in [0.15, 0.2) is 11.5 Å². The first-order chi connectivity index (χ1) is 15.5. The molecule has 2 aromatic carbocycles. The minimum atomic E-state index is -0.553. The van der Waals surface area contributed by atoms with Crippen LogP contribution in [0.15, 0.2) is 53.9 Å². The van der Waals surface area contributed by atoms with E-state index in [1.165, 1.54) is 49.8 Å². The van der Waals surface area contributed by atoms with Gasteiger partial charge in [-0.2, -0.15) is 0 Å². The third-order valence-corrected chi connectivity index (χ3v) is 5.37. The van der Waals surface area contributed by atoms with E-state index in [4.69, 9.17) is 14.2 Å². The first-order valence-corrected chi connectivity index (χ1v) is 10.6. The number of ether oxygens (including phenoxy) is 3. The monoisotopic (exact) mass is 455 g/mol. The summed E-state index contributed by atoms with van der Waals surface area (Å²) < 4.78 is 29.2. The molecule has 0 unspecified atom stereocenters. The molecule has 3 aromatic rings. The smallest absolute Gasteiger partial charge is 0.341 e. The average Bonchev–Trinajstić information content (AvgIpc) is 3.21. The maximum Gasteiger partial charge on any atom is 0.341 e. The van der Waals surface area contributed by atoms with Crippen LogP contribution in [-0.2, 0) is 9.53 Å². The number of halogens is 1. The van der Waals surface area contributed by atoms with E-state index in [1.807, 2.05) is 0 Å². The Morgan fingerprint density at radius 3 is 2.56 bits per heavy atom. The summed E-state index contributed by atoms with van der Waals surface area (Å²) in [5.74, 6) is -0.340. The molecule has 0 spiro atoms. The van der Waals surface area contributed by atoms with Gasteiger partial charge >= 0.3 is 5.97 Å². The van der Waals surface area contributed by atoms with Crippen molar-refractivity contribution < 1.29 is 28.2 Å². The Hall–Kier alpha value is -3.65. The van der Waals surface area contributed by atoms with Gasteiger partial charge in [0.2, 0.25) is 5.91 Å². The molecule has 0 bridgehead atoms. The van der Waals surface area contributed by atoms with Gasteiger partial charge in [0.25, 0.3) is 0 Å². The number of benzene rings is 2. The number of nitrogens with one attached hydrogen (secondary N) is 1. The summed E-state index contributed by atoms with van der Waals surface area (Å²) in [4.78, 5) is 25.2. The average molecular weight is 456 g/mol. The van der Waals surface area contributed by atoms with Crippen LogP contribution >= 0.6 is 11.3 Å². The molecule has 0 saturated carbocycles. The molecule has 0 aliphatic carbocycles. The number of carbonyl (C=O) groups excluding carboxylic acids is 2. The maximum absolute atomic E-state index is 13.3. The van der Waals surface area contributed by atoms with Crippen molar-refractivity contribution >= 4 is 34.3 Å². The van der Waals surface area contributed by atoms with E-state index in [2.05, 4.69) is 5.32 Å². The largest absolute Gasteiger partial charge is 0.493 e. The molecule has 6 nitrogen and oxygen atoms in total. The second kappa shape index (κ2) is 10.6. The van der Waals surface area contributed by atoms with Gasteiger partial charge in [-0.15, -0.1) is 11.3 Å². The normalized spacial score (nSPS) is 10.8. The van der Waals surface area contributed by atoms with Gasteiger partial charge in [-0.1, -0.05) is 18.2 Å². The summed E-state index contributed by atoms with van der Waals surface area (Å²) in [6.45, 7) is 1.90. The molecule has 0 aliphatic heterocycles. The second-order valence-corrected chi connectivity index (χ2v) is 7.40. The van der Waals surface area contributed by atoms with Crippen molar-refractivity contribution in [3.05, 3.63) is 70.9 Å². The molecule has 0 radical (unpaired) electrons. The lowest BCUT2D eigenvalue weighted by Gasteiger charge is -2.11. The maximum atomic E-state index is 13.3. The lowest BCUT2D eigenvalue weighted by Crippen LogP contribution is -2.12. The molecule has 1 N–H and O–H groups in total. The number of anilines is 1. The van der Waals surface area contributed by atoms with Crippen LogP contribution in [-0.4, -0.2) is 32.7 Å². The Kier molecular flexibility index (Phi) is 7.62. The van der Waals surface area contributed by atoms with E-state index in [0.29, 0.717) is 33.2 Å². The third kappa shape index (κ3) is 5.33. The molecule has 0 atom stereocenters. The highest BCUT2D eigenvalue weighted by Gasteiger charge is 2.23. The number of esters is 1. The van der Waals surface area contributed by atoms with E-state index in [0.717, 1.165) is 0 Å². The van der Waals surface area contributed by atoms with Crippen molar-refractivity contribution in [2.45, 2.75) is 6.92 Å². The lowest BCUT2D eigenvalue weighted by atomic mass is 10.0. The van der Waals surface area contributed by atoms with Crippen LogP contribution in [0.1, 0.15) is 22.8 Å². The first-order valence-electron chi connectivity index (χ1n) is 9.72. The number of rotatable bonds is 8. The summed E-state index contributed by atoms with van der Waals surface area (Å²) in [5, 5.41) is 4.83. The number of hydrogen-bond acceptors (Lipinski definition) is 6. The SMILES string of the molecule is CCOC(=O)c1c(-c2ccc(OC)c(OC)c2)csc1NC(=O)/C=C/c1cccc(F)c1. The Bertz CT molecular complexity index is 1160. The van der Waals surface area contributed by atoms with Gasteiger partial charge in [0.05, 0.1) is 20.8 Å². The van der Waals surface area contributed by atoms with Crippen LogP contribution in [0.25, 0.3) is 17.2 Å². The second-order valence-electron chi connectivity index (χ2n) is 6.52. The Labute approximate surface area is 189 Å². The van der Waals surface area contributed by atoms with Gasteiger partial charge in [0.1, 0.15) is 16.4 Å². The molecule has 166 valence electrons. The zero-order valence-electron chi connectivity index (χ0n) is 17.8. The zero-order valence-corrected chi connectivity index (χ0v) is 18.6. The van der Waals surface area contributed by atoms with Crippen molar-refractivity contribution in [2.75, 3.05) is 26.1 Å². The standard InChI is InChI=1S/C24H22FNO5S/c1-4-31-24(28)22-18(16-9-10-19(29-2)20(13-16)30-3)14-32-23(22)26-21(27)11-8-15-6-5-7-17(25)12-15/h5-14H,4H2,1-3H3,(H,26,27)/b11-8+. The summed E-state index contributed by atoms with van der Waals surface area (Å²) in [6, 6.07) is 11.2. The van der Waals surface area contributed by atoms with Crippen molar-refractivity contribution in [2.24, 2.45) is 0 Å². The van der Waals surface area contributed by atoms with E-state index in [-0.39, 0.29) is 12.2 Å². The van der Waals surface area contributed by atoms with Crippen LogP contribution in [0.2, 0.25) is 0 Å². The summed E-state index contributed by atoms with van der Waals surface area (Å²) in [5.41, 5.74) is 2.09. The minimum Gasteiger partial charge on any atom is -0.493 e. The molecule has 32 heavy (non-hydrogen) atoms. The fourth-order valence-electron chi connectivity index (χ4n) is 3.01. The highest BCUT2D eigenvalue weighted by atomic mass is 32.1. The minimum absolute atomic E-state index is 0.187. The summed E-state index contributed by atoms with van der Waals surface area (Å²) >= 11 is 1.20. The Morgan fingerprint density at radius 1 is 1.09 bits per heavy atom.